The molecule has 1 aliphatic carbocycles. The van der Waals surface area contributed by atoms with Gasteiger partial charge in [-0.05, 0) is 43.5 Å². The number of ether oxygens (including phenoxy) is 2. The Morgan fingerprint density at radius 2 is 2.17 bits per heavy atom. The van der Waals surface area contributed by atoms with Crippen LogP contribution in [0.15, 0.2) is 24.3 Å². The summed E-state index contributed by atoms with van der Waals surface area (Å²) in [7, 11) is 0. The van der Waals surface area contributed by atoms with E-state index in [0.717, 1.165) is 18.8 Å². The molecule has 0 aliphatic heterocycles. The molecule has 1 aliphatic rings. The van der Waals surface area contributed by atoms with Crippen molar-refractivity contribution in [2.45, 2.75) is 38.8 Å². The highest BCUT2D eigenvalue weighted by atomic mass is 16.5. The maximum absolute atomic E-state index is 5.69. The molecule has 1 saturated carbocycles. The minimum absolute atomic E-state index is 0.494. The van der Waals surface area contributed by atoms with Crippen LogP contribution in [0.1, 0.15) is 31.7 Å². The average Bonchev–Trinajstić information content (AvgIpc) is 2.34. The van der Waals surface area contributed by atoms with E-state index in [-0.39, 0.29) is 0 Å². The molecule has 100 valence electrons. The second-order valence-electron chi connectivity index (χ2n) is 4.70. The first-order valence-electron chi connectivity index (χ1n) is 6.92. The van der Waals surface area contributed by atoms with E-state index in [2.05, 4.69) is 24.4 Å². The topological polar surface area (TPSA) is 30.5 Å². The van der Waals surface area contributed by atoms with E-state index in [0.29, 0.717) is 19.3 Å². The molecule has 0 spiro atoms. The lowest BCUT2D eigenvalue weighted by Crippen LogP contribution is -2.23. The van der Waals surface area contributed by atoms with Gasteiger partial charge in [0.1, 0.15) is 12.4 Å². The molecule has 0 bridgehead atoms. The van der Waals surface area contributed by atoms with E-state index < -0.39 is 0 Å². The summed E-state index contributed by atoms with van der Waals surface area (Å²) in [5, 5.41) is 3.31. The van der Waals surface area contributed by atoms with Crippen LogP contribution in [0.3, 0.4) is 0 Å². The number of rotatable bonds is 8. The summed E-state index contributed by atoms with van der Waals surface area (Å²) in [6.45, 7) is 5.33. The molecule has 0 aromatic heterocycles. The van der Waals surface area contributed by atoms with Gasteiger partial charge in [0.25, 0.3) is 0 Å². The third-order valence-electron chi connectivity index (χ3n) is 3.24. The molecule has 1 aromatic rings. The van der Waals surface area contributed by atoms with Gasteiger partial charge in [0.15, 0.2) is 0 Å². The van der Waals surface area contributed by atoms with Crippen LogP contribution in [-0.4, -0.2) is 25.9 Å². The first-order chi connectivity index (χ1) is 8.88. The molecule has 3 nitrogen and oxygen atoms in total. The van der Waals surface area contributed by atoms with Crippen molar-refractivity contribution in [2.75, 3.05) is 19.8 Å². The average molecular weight is 249 g/mol. The molecule has 0 saturated heterocycles. The van der Waals surface area contributed by atoms with E-state index in [1.54, 1.807) is 0 Å². The van der Waals surface area contributed by atoms with Crippen LogP contribution in [0, 0.1) is 0 Å². The van der Waals surface area contributed by atoms with Crippen LogP contribution in [0.25, 0.3) is 0 Å². The Labute approximate surface area is 109 Å². The summed E-state index contributed by atoms with van der Waals surface area (Å²) in [5.74, 6) is 0.933. The van der Waals surface area contributed by atoms with Crippen molar-refractivity contribution in [3.63, 3.8) is 0 Å². The van der Waals surface area contributed by atoms with Crippen LogP contribution >= 0.6 is 0 Å². The number of benzene rings is 1. The van der Waals surface area contributed by atoms with Gasteiger partial charge in [0.2, 0.25) is 0 Å². The lowest BCUT2D eigenvalue weighted by atomic mass is 9.96. The zero-order chi connectivity index (χ0) is 12.6. The Morgan fingerprint density at radius 3 is 2.89 bits per heavy atom. The SMILES string of the molecule is CCNCc1cccc(OCCOC2CCC2)c1. The van der Waals surface area contributed by atoms with E-state index in [4.69, 9.17) is 9.47 Å². The standard InChI is InChI=1S/C15H23NO2/c1-2-16-12-13-5-3-8-15(11-13)18-10-9-17-14-6-4-7-14/h3,5,8,11,14,16H,2,4,6-7,9-10,12H2,1H3. The van der Waals surface area contributed by atoms with Gasteiger partial charge in [-0.15, -0.1) is 0 Å². The number of nitrogens with one attached hydrogen (secondary N) is 1. The first kappa shape index (κ1) is 13.4. The second-order valence-corrected chi connectivity index (χ2v) is 4.70. The normalized spacial score (nSPS) is 15.4. The molecule has 1 fully saturated rings. The lowest BCUT2D eigenvalue weighted by Gasteiger charge is -2.25. The zero-order valence-corrected chi connectivity index (χ0v) is 11.2. The van der Waals surface area contributed by atoms with E-state index >= 15 is 0 Å². The van der Waals surface area contributed by atoms with Gasteiger partial charge in [-0.1, -0.05) is 19.1 Å². The highest BCUT2D eigenvalue weighted by molar-refractivity contribution is 5.28. The van der Waals surface area contributed by atoms with Crippen molar-refractivity contribution in [2.24, 2.45) is 0 Å². The van der Waals surface area contributed by atoms with Gasteiger partial charge in [0, 0.05) is 6.54 Å². The molecule has 2 rings (SSSR count). The van der Waals surface area contributed by atoms with Crippen molar-refractivity contribution in [1.82, 2.24) is 5.32 Å². The summed E-state index contributed by atoms with van der Waals surface area (Å²) in [5.41, 5.74) is 1.26. The molecule has 18 heavy (non-hydrogen) atoms. The van der Waals surface area contributed by atoms with Crippen molar-refractivity contribution in [3.8, 4) is 5.75 Å². The molecule has 0 atom stereocenters. The Kier molecular flexibility index (Phi) is 5.49. The third-order valence-corrected chi connectivity index (χ3v) is 3.24. The molecule has 1 N–H and O–H groups in total. The molecule has 0 unspecified atom stereocenters. The Hall–Kier alpha value is -1.06. The van der Waals surface area contributed by atoms with Crippen molar-refractivity contribution in [3.05, 3.63) is 29.8 Å². The Bertz CT molecular complexity index is 350. The van der Waals surface area contributed by atoms with E-state index in [1.165, 1.54) is 24.8 Å². The molecule has 0 radical (unpaired) electrons. The van der Waals surface area contributed by atoms with Crippen LogP contribution in [-0.2, 0) is 11.3 Å². The summed E-state index contributed by atoms with van der Waals surface area (Å²) in [6, 6.07) is 8.24. The minimum Gasteiger partial charge on any atom is -0.491 e. The number of hydrogen-bond acceptors (Lipinski definition) is 3. The summed E-state index contributed by atoms with van der Waals surface area (Å²) < 4.78 is 11.4. The van der Waals surface area contributed by atoms with Crippen molar-refractivity contribution >= 4 is 0 Å². The van der Waals surface area contributed by atoms with Gasteiger partial charge < -0.3 is 14.8 Å². The van der Waals surface area contributed by atoms with Gasteiger partial charge in [-0.25, -0.2) is 0 Å². The van der Waals surface area contributed by atoms with Gasteiger partial charge in [-0.3, -0.25) is 0 Å². The highest BCUT2D eigenvalue weighted by Gasteiger charge is 2.17. The quantitative estimate of drug-likeness (QED) is 0.719. The Morgan fingerprint density at radius 1 is 1.28 bits per heavy atom. The first-order valence-corrected chi connectivity index (χ1v) is 6.92. The largest absolute Gasteiger partial charge is 0.491 e. The van der Waals surface area contributed by atoms with E-state index in [1.807, 2.05) is 12.1 Å². The van der Waals surface area contributed by atoms with Gasteiger partial charge >= 0.3 is 0 Å². The van der Waals surface area contributed by atoms with Crippen molar-refractivity contribution < 1.29 is 9.47 Å². The predicted octanol–water partition coefficient (Wildman–Crippen LogP) is 2.74. The zero-order valence-electron chi connectivity index (χ0n) is 11.2. The molecular weight excluding hydrogens is 226 g/mol. The minimum atomic E-state index is 0.494. The fraction of sp³-hybridized carbons (Fsp3) is 0.600. The molecule has 3 heteroatoms. The monoisotopic (exact) mass is 249 g/mol. The number of hydrogen-bond donors (Lipinski definition) is 1. The van der Waals surface area contributed by atoms with Crippen LogP contribution < -0.4 is 10.1 Å². The van der Waals surface area contributed by atoms with Gasteiger partial charge in [-0.2, -0.15) is 0 Å². The highest BCUT2D eigenvalue weighted by Crippen LogP contribution is 2.21. The molecule has 1 aromatic carbocycles. The van der Waals surface area contributed by atoms with Crippen LogP contribution in [0.2, 0.25) is 0 Å². The molecular formula is C15H23NO2. The fourth-order valence-electron chi connectivity index (χ4n) is 1.93. The smallest absolute Gasteiger partial charge is 0.119 e. The maximum Gasteiger partial charge on any atom is 0.119 e. The van der Waals surface area contributed by atoms with Gasteiger partial charge in [0.05, 0.1) is 12.7 Å². The summed E-state index contributed by atoms with van der Waals surface area (Å²) >= 11 is 0. The van der Waals surface area contributed by atoms with Crippen molar-refractivity contribution in [1.29, 1.82) is 0 Å². The summed E-state index contributed by atoms with van der Waals surface area (Å²) in [4.78, 5) is 0. The third kappa shape index (κ3) is 4.31. The van der Waals surface area contributed by atoms with E-state index in [9.17, 15) is 0 Å². The lowest BCUT2D eigenvalue weighted by molar-refractivity contribution is -0.0103. The maximum atomic E-state index is 5.69. The fourth-order valence-corrected chi connectivity index (χ4v) is 1.93. The Balaban J connectivity index is 1.67. The van der Waals surface area contributed by atoms with Crippen LogP contribution in [0.4, 0.5) is 0 Å². The molecule has 0 amide bonds. The second kappa shape index (κ2) is 7.39. The summed E-state index contributed by atoms with van der Waals surface area (Å²) in [6.07, 6.45) is 4.25. The molecule has 0 heterocycles. The van der Waals surface area contributed by atoms with Crippen LogP contribution in [0.5, 0.6) is 5.75 Å². The predicted molar refractivity (Wildman–Crippen MR) is 72.9 cm³/mol.